The quantitative estimate of drug-likeness (QED) is 0.0452. The lowest BCUT2D eigenvalue weighted by Gasteiger charge is -2.20. The van der Waals surface area contributed by atoms with Crippen LogP contribution in [0.15, 0.2) is 24.3 Å². The van der Waals surface area contributed by atoms with Gasteiger partial charge in [-0.2, -0.15) is 0 Å². The number of aliphatic hydroxyl groups is 2. The van der Waals surface area contributed by atoms with Crippen LogP contribution in [0.5, 0.6) is 0 Å². The molecule has 1 fully saturated rings. The maximum Gasteiger partial charge on any atom is 0.220 e. The third-order valence-electron chi connectivity index (χ3n) is 8.35. The number of carbonyl (C=O) groups excluding carboxylic acids is 1. The van der Waals surface area contributed by atoms with Crippen molar-refractivity contribution in [2.75, 3.05) is 6.61 Å². The van der Waals surface area contributed by atoms with Crippen molar-refractivity contribution in [3.63, 3.8) is 0 Å². The number of aliphatic hydroxyl groups excluding tert-OH is 2. The molecule has 4 atom stereocenters. The number of unbranched alkanes of at least 4 members (excludes halogenated alkanes) is 18. The fourth-order valence-electron chi connectivity index (χ4n) is 5.48. The molecular formula is C36H67NO4. The molecule has 5 nitrogen and oxygen atoms in total. The van der Waals surface area contributed by atoms with Crippen LogP contribution in [0, 0.1) is 0 Å². The Labute approximate surface area is 254 Å². The third-order valence-corrected chi connectivity index (χ3v) is 8.35. The van der Waals surface area contributed by atoms with Crippen LogP contribution in [-0.2, 0) is 9.53 Å². The van der Waals surface area contributed by atoms with Crippen LogP contribution < -0.4 is 5.32 Å². The van der Waals surface area contributed by atoms with Gasteiger partial charge in [-0.25, -0.2) is 0 Å². The van der Waals surface area contributed by atoms with E-state index in [1.54, 1.807) is 6.08 Å². The van der Waals surface area contributed by atoms with Crippen molar-refractivity contribution >= 4 is 5.91 Å². The van der Waals surface area contributed by atoms with Crippen LogP contribution in [0.1, 0.15) is 168 Å². The van der Waals surface area contributed by atoms with Gasteiger partial charge in [0, 0.05) is 6.42 Å². The Morgan fingerprint density at radius 2 is 1.24 bits per heavy atom. The summed E-state index contributed by atoms with van der Waals surface area (Å²) in [6, 6.07) is -0.629. The summed E-state index contributed by atoms with van der Waals surface area (Å²) in [4.78, 5) is 12.3. The van der Waals surface area contributed by atoms with Crippen LogP contribution in [0.4, 0.5) is 0 Å². The summed E-state index contributed by atoms with van der Waals surface area (Å²) < 4.78 is 5.74. The number of epoxide rings is 1. The zero-order valence-electron chi connectivity index (χ0n) is 27.0. The van der Waals surface area contributed by atoms with Crippen LogP contribution in [0.25, 0.3) is 0 Å². The average molecular weight is 578 g/mol. The van der Waals surface area contributed by atoms with Crippen LogP contribution in [0.3, 0.4) is 0 Å². The Bertz CT molecular complexity index is 649. The minimum Gasteiger partial charge on any atom is -0.394 e. The molecule has 0 aromatic carbocycles. The summed E-state index contributed by atoms with van der Waals surface area (Å²) >= 11 is 0. The van der Waals surface area contributed by atoms with Gasteiger partial charge in [-0.3, -0.25) is 4.79 Å². The molecule has 240 valence electrons. The lowest BCUT2D eigenvalue weighted by atomic mass is 10.0. The molecule has 0 bridgehead atoms. The second-order valence-corrected chi connectivity index (χ2v) is 12.3. The van der Waals surface area contributed by atoms with E-state index in [1.165, 1.54) is 103 Å². The van der Waals surface area contributed by atoms with Crippen molar-refractivity contribution in [1.29, 1.82) is 0 Å². The van der Waals surface area contributed by atoms with Gasteiger partial charge >= 0.3 is 0 Å². The minimum absolute atomic E-state index is 0.0832. The van der Waals surface area contributed by atoms with Crippen molar-refractivity contribution in [2.24, 2.45) is 0 Å². The van der Waals surface area contributed by atoms with Gasteiger partial charge in [0.15, 0.2) is 0 Å². The Hall–Kier alpha value is -1.17. The van der Waals surface area contributed by atoms with Gasteiger partial charge in [0.05, 0.1) is 31.0 Å². The van der Waals surface area contributed by atoms with E-state index in [9.17, 15) is 15.0 Å². The molecule has 1 aliphatic rings. The van der Waals surface area contributed by atoms with Crippen molar-refractivity contribution in [3.8, 4) is 0 Å². The van der Waals surface area contributed by atoms with Crippen molar-refractivity contribution in [1.82, 2.24) is 5.32 Å². The fourth-order valence-corrected chi connectivity index (χ4v) is 5.48. The Morgan fingerprint density at radius 1 is 0.707 bits per heavy atom. The fraction of sp³-hybridized carbons (Fsp3) is 0.861. The first-order valence-electron chi connectivity index (χ1n) is 17.7. The molecule has 0 aromatic heterocycles. The van der Waals surface area contributed by atoms with Crippen molar-refractivity contribution in [3.05, 3.63) is 24.3 Å². The second-order valence-electron chi connectivity index (χ2n) is 12.3. The van der Waals surface area contributed by atoms with E-state index in [1.807, 2.05) is 6.08 Å². The number of ether oxygens (including phenoxy) is 1. The molecular weight excluding hydrogens is 510 g/mol. The molecule has 2 unspecified atom stereocenters. The Morgan fingerprint density at radius 3 is 1.85 bits per heavy atom. The molecule has 0 saturated carbocycles. The largest absolute Gasteiger partial charge is 0.394 e. The number of hydrogen-bond acceptors (Lipinski definition) is 4. The van der Waals surface area contributed by atoms with E-state index < -0.39 is 12.1 Å². The molecule has 0 radical (unpaired) electrons. The smallest absolute Gasteiger partial charge is 0.220 e. The Kier molecular flexibility index (Phi) is 25.5. The van der Waals surface area contributed by atoms with E-state index >= 15 is 0 Å². The highest BCUT2D eigenvalue weighted by Gasteiger charge is 2.36. The maximum absolute atomic E-state index is 12.3. The van der Waals surface area contributed by atoms with Gasteiger partial charge in [0.25, 0.3) is 0 Å². The normalized spacial score (nSPS) is 18.3. The highest BCUT2D eigenvalue weighted by molar-refractivity contribution is 5.76. The molecule has 0 aliphatic carbocycles. The number of hydrogen-bond donors (Lipinski definition) is 3. The molecule has 0 spiro atoms. The van der Waals surface area contributed by atoms with Crippen LogP contribution >= 0.6 is 0 Å². The van der Waals surface area contributed by atoms with E-state index in [2.05, 4.69) is 31.3 Å². The molecule has 3 N–H and O–H groups in total. The average Bonchev–Trinajstić information content (AvgIpc) is 3.73. The molecule has 1 aliphatic heterocycles. The zero-order chi connectivity index (χ0) is 29.8. The molecule has 5 heteroatoms. The Balaban J connectivity index is 1.94. The molecule has 1 amide bonds. The monoisotopic (exact) mass is 578 g/mol. The molecule has 1 saturated heterocycles. The summed E-state index contributed by atoms with van der Waals surface area (Å²) in [5.41, 5.74) is 0. The standard InChI is InChI=1S/C36H67NO4/c1-3-5-7-8-9-10-11-12-13-14-17-20-24-27-33(39)32(31-38)37-36(40)30-26-22-19-16-15-18-21-25-29-35-34(41-35)28-23-6-4-2/h21,24-25,27,32-35,38-39H,3-20,22-23,26,28-31H2,1-2H3,(H,37,40)/b25-21-,27-24+/t32-,33+,34?,35?/m0/s1. The van der Waals surface area contributed by atoms with Gasteiger partial charge in [0.2, 0.25) is 5.91 Å². The van der Waals surface area contributed by atoms with E-state index in [4.69, 9.17) is 4.74 Å². The molecule has 41 heavy (non-hydrogen) atoms. The number of nitrogens with one attached hydrogen (secondary N) is 1. The SMILES string of the molecule is CCCCCCCCCCCCC/C=C/[C@@H](O)[C@H](CO)NC(=O)CCCCCCC/C=C\CC1OC1CCCCC. The van der Waals surface area contributed by atoms with Crippen molar-refractivity contribution in [2.45, 2.75) is 192 Å². The first-order chi connectivity index (χ1) is 20.1. The predicted octanol–water partition coefficient (Wildman–Crippen LogP) is 9.11. The first kappa shape index (κ1) is 37.9. The number of rotatable bonds is 30. The van der Waals surface area contributed by atoms with Gasteiger partial charge in [-0.1, -0.05) is 141 Å². The highest BCUT2D eigenvalue weighted by Crippen LogP contribution is 2.30. The van der Waals surface area contributed by atoms with Crippen LogP contribution in [-0.4, -0.2) is 47.1 Å². The summed E-state index contributed by atoms with van der Waals surface area (Å²) in [5, 5.41) is 22.8. The lowest BCUT2D eigenvalue weighted by molar-refractivity contribution is -0.123. The van der Waals surface area contributed by atoms with Gasteiger partial charge in [-0.15, -0.1) is 0 Å². The summed E-state index contributed by atoms with van der Waals surface area (Å²) in [7, 11) is 0. The first-order valence-corrected chi connectivity index (χ1v) is 17.7. The lowest BCUT2D eigenvalue weighted by Crippen LogP contribution is -2.45. The van der Waals surface area contributed by atoms with Crippen molar-refractivity contribution < 1.29 is 19.7 Å². The van der Waals surface area contributed by atoms with E-state index in [-0.39, 0.29) is 12.5 Å². The second kappa shape index (κ2) is 27.7. The number of amides is 1. The van der Waals surface area contributed by atoms with Gasteiger partial charge in [-0.05, 0) is 44.9 Å². The summed E-state index contributed by atoms with van der Waals surface area (Å²) in [5.74, 6) is -0.0832. The maximum atomic E-state index is 12.3. The predicted molar refractivity (Wildman–Crippen MR) is 174 cm³/mol. The topological polar surface area (TPSA) is 82.1 Å². The zero-order valence-corrected chi connectivity index (χ0v) is 27.0. The van der Waals surface area contributed by atoms with E-state index in [0.717, 1.165) is 44.9 Å². The van der Waals surface area contributed by atoms with Crippen LogP contribution in [0.2, 0.25) is 0 Å². The summed E-state index contributed by atoms with van der Waals surface area (Å²) in [6.45, 7) is 4.25. The number of carbonyl (C=O) groups is 1. The minimum atomic E-state index is -0.844. The van der Waals surface area contributed by atoms with Gasteiger partial charge < -0.3 is 20.3 Å². The third kappa shape index (κ3) is 23.0. The molecule has 1 rings (SSSR count). The summed E-state index contributed by atoms with van der Waals surface area (Å²) in [6.07, 6.45) is 37.1. The highest BCUT2D eigenvalue weighted by atomic mass is 16.6. The molecule has 0 aromatic rings. The molecule has 1 heterocycles. The van der Waals surface area contributed by atoms with E-state index in [0.29, 0.717) is 18.6 Å². The van der Waals surface area contributed by atoms with Gasteiger partial charge in [0.1, 0.15) is 0 Å². The number of allylic oxidation sites excluding steroid dienone is 2.